The van der Waals surface area contributed by atoms with E-state index in [0.717, 1.165) is 31.6 Å². The Kier molecular flexibility index (Phi) is 4.01. The largest absolute Gasteiger partial charge is 0.337 e. The Morgan fingerprint density at radius 2 is 1.90 bits per heavy atom. The van der Waals surface area contributed by atoms with Crippen molar-refractivity contribution in [2.45, 2.75) is 12.8 Å². The van der Waals surface area contributed by atoms with Gasteiger partial charge in [-0.15, -0.1) is 0 Å². The van der Waals surface area contributed by atoms with Gasteiger partial charge in [0.15, 0.2) is 5.69 Å². The summed E-state index contributed by atoms with van der Waals surface area (Å²) in [5.74, 6) is 0.566. The molecule has 1 aromatic heterocycles. The van der Waals surface area contributed by atoms with E-state index in [4.69, 9.17) is 5.73 Å². The predicted octanol–water partition coefficient (Wildman–Crippen LogP) is 1.68. The van der Waals surface area contributed by atoms with Gasteiger partial charge in [-0.05, 0) is 43.5 Å². The number of nitrogens with two attached hydrogens (primary N) is 1. The van der Waals surface area contributed by atoms with Gasteiger partial charge in [0.05, 0.1) is 5.69 Å². The molecule has 1 saturated heterocycles. The van der Waals surface area contributed by atoms with Crippen molar-refractivity contribution in [2.75, 3.05) is 19.6 Å². The van der Waals surface area contributed by atoms with Gasteiger partial charge in [-0.25, -0.2) is 4.68 Å². The van der Waals surface area contributed by atoms with Crippen molar-refractivity contribution >= 4 is 5.91 Å². The molecule has 0 radical (unpaired) electrons. The van der Waals surface area contributed by atoms with Crippen LogP contribution < -0.4 is 5.73 Å². The minimum absolute atomic E-state index is 0.0140. The van der Waals surface area contributed by atoms with Gasteiger partial charge in [-0.1, -0.05) is 18.2 Å². The number of hydrogen-bond acceptors (Lipinski definition) is 3. The van der Waals surface area contributed by atoms with Gasteiger partial charge in [0.25, 0.3) is 5.91 Å². The lowest BCUT2D eigenvalue weighted by Gasteiger charge is -2.30. The molecule has 1 aromatic carbocycles. The first-order valence-electron chi connectivity index (χ1n) is 7.38. The standard InChI is InChI=1S/C16H20N4O/c17-12-13-6-9-19(10-7-13)16(21)15-8-11-20(18-15)14-4-2-1-3-5-14/h1-5,8,11,13H,6-7,9-10,12,17H2. The molecule has 0 unspecified atom stereocenters. The van der Waals surface area contributed by atoms with Gasteiger partial charge in [0, 0.05) is 19.3 Å². The minimum Gasteiger partial charge on any atom is -0.337 e. The summed E-state index contributed by atoms with van der Waals surface area (Å²) in [5.41, 5.74) is 7.15. The molecule has 2 N–H and O–H groups in total. The first-order chi connectivity index (χ1) is 10.3. The van der Waals surface area contributed by atoms with Crippen molar-refractivity contribution in [1.82, 2.24) is 14.7 Å². The van der Waals surface area contributed by atoms with Crippen molar-refractivity contribution in [3.05, 3.63) is 48.3 Å². The van der Waals surface area contributed by atoms with Crippen LogP contribution in [0.3, 0.4) is 0 Å². The molecule has 0 bridgehead atoms. The molecule has 1 aliphatic heterocycles. The maximum absolute atomic E-state index is 12.5. The van der Waals surface area contributed by atoms with Crippen LogP contribution in [0, 0.1) is 5.92 Å². The maximum Gasteiger partial charge on any atom is 0.274 e. The molecule has 2 aromatic rings. The Morgan fingerprint density at radius 3 is 2.57 bits per heavy atom. The molecule has 110 valence electrons. The molecule has 2 heterocycles. The lowest BCUT2D eigenvalue weighted by atomic mass is 9.97. The number of aromatic nitrogens is 2. The number of para-hydroxylation sites is 1. The van der Waals surface area contributed by atoms with E-state index in [9.17, 15) is 4.79 Å². The van der Waals surface area contributed by atoms with E-state index in [0.29, 0.717) is 18.2 Å². The van der Waals surface area contributed by atoms with Crippen LogP contribution >= 0.6 is 0 Å². The van der Waals surface area contributed by atoms with E-state index in [2.05, 4.69) is 5.10 Å². The van der Waals surface area contributed by atoms with Crippen molar-refractivity contribution < 1.29 is 4.79 Å². The van der Waals surface area contributed by atoms with Gasteiger partial charge in [0.1, 0.15) is 0 Å². The summed E-state index contributed by atoms with van der Waals surface area (Å²) >= 11 is 0. The molecule has 0 atom stereocenters. The van der Waals surface area contributed by atoms with E-state index >= 15 is 0 Å². The fraction of sp³-hybridized carbons (Fsp3) is 0.375. The summed E-state index contributed by atoms with van der Waals surface area (Å²) in [7, 11) is 0. The van der Waals surface area contributed by atoms with Gasteiger partial charge >= 0.3 is 0 Å². The number of carbonyl (C=O) groups excluding carboxylic acids is 1. The van der Waals surface area contributed by atoms with E-state index in [1.165, 1.54) is 0 Å². The van der Waals surface area contributed by atoms with Crippen LogP contribution in [-0.2, 0) is 0 Å². The predicted molar refractivity (Wildman–Crippen MR) is 81.2 cm³/mol. The molecule has 0 aliphatic carbocycles. The third-order valence-electron chi connectivity index (χ3n) is 4.06. The summed E-state index contributed by atoms with van der Waals surface area (Å²) in [5, 5.41) is 4.40. The lowest BCUT2D eigenvalue weighted by Crippen LogP contribution is -2.40. The molecule has 0 saturated carbocycles. The highest BCUT2D eigenvalue weighted by atomic mass is 16.2. The van der Waals surface area contributed by atoms with Crippen LogP contribution in [0.4, 0.5) is 0 Å². The first-order valence-corrected chi connectivity index (χ1v) is 7.38. The number of carbonyl (C=O) groups is 1. The van der Waals surface area contributed by atoms with Crippen LogP contribution in [-0.4, -0.2) is 40.2 Å². The zero-order valence-corrected chi connectivity index (χ0v) is 12.0. The SMILES string of the molecule is NCC1CCN(C(=O)c2ccn(-c3ccccc3)n2)CC1. The fourth-order valence-corrected chi connectivity index (χ4v) is 2.70. The number of benzene rings is 1. The molecule has 1 fully saturated rings. The highest BCUT2D eigenvalue weighted by Gasteiger charge is 2.24. The van der Waals surface area contributed by atoms with Crippen molar-refractivity contribution in [3.63, 3.8) is 0 Å². The van der Waals surface area contributed by atoms with Gasteiger partial charge < -0.3 is 10.6 Å². The first kappa shape index (κ1) is 13.8. The quantitative estimate of drug-likeness (QED) is 0.932. The normalized spacial score (nSPS) is 16.1. The van der Waals surface area contributed by atoms with Crippen LogP contribution in [0.15, 0.2) is 42.6 Å². The third-order valence-corrected chi connectivity index (χ3v) is 4.06. The molecule has 1 amide bonds. The second kappa shape index (κ2) is 6.10. The van der Waals surface area contributed by atoms with Crippen molar-refractivity contribution in [1.29, 1.82) is 0 Å². The summed E-state index contributed by atoms with van der Waals surface area (Å²) in [6, 6.07) is 11.6. The number of rotatable bonds is 3. The maximum atomic E-state index is 12.5. The van der Waals surface area contributed by atoms with E-state index in [1.54, 1.807) is 10.7 Å². The van der Waals surface area contributed by atoms with Crippen LogP contribution in [0.2, 0.25) is 0 Å². The number of hydrogen-bond donors (Lipinski definition) is 1. The topological polar surface area (TPSA) is 64.2 Å². The molecule has 1 aliphatic rings. The van der Waals surface area contributed by atoms with E-state index in [-0.39, 0.29) is 5.91 Å². The number of nitrogens with zero attached hydrogens (tertiary/aromatic N) is 3. The van der Waals surface area contributed by atoms with E-state index < -0.39 is 0 Å². The molecule has 0 spiro atoms. The van der Waals surface area contributed by atoms with Crippen LogP contribution in [0.1, 0.15) is 23.3 Å². The smallest absolute Gasteiger partial charge is 0.274 e. The average molecular weight is 284 g/mol. The highest BCUT2D eigenvalue weighted by molar-refractivity contribution is 5.92. The highest BCUT2D eigenvalue weighted by Crippen LogP contribution is 2.18. The van der Waals surface area contributed by atoms with Gasteiger partial charge in [-0.3, -0.25) is 4.79 Å². The zero-order valence-electron chi connectivity index (χ0n) is 12.0. The second-order valence-electron chi connectivity index (χ2n) is 5.45. The third kappa shape index (κ3) is 2.97. The van der Waals surface area contributed by atoms with Crippen molar-refractivity contribution in [3.8, 4) is 5.69 Å². The summed E-state index contributed by atoms with van der Waals surface area (Å²) < 4.78 is 1.74. The summed E-state index contributed by atoms with van der Waals surface area (Å²) in [4.78, 5) is 14.3. The lowest BCUT2D eigenvalue weighted by molar-refractivity contribution is 0.0687. The molecule has 21 heavy (non-hydrogen) atoms. The second-order valence-corrected chi connectivity index (χ2v) is 5.45. The molecule has 3 rings (SSSR count). The van der Waals surface area contributed by atoms with E-state index in [1.807, 2.05) is 41.4 Å². The number of piperidine rings is 1. The number of amides is 1. The summed E-state index contributed by atoms with van der Waals surface area (Å²) in [6.45, 7) is 2.27. The van der Waals surface area contributed by atoms with Crippen molar-refractivity contribution in [2.24, 2.45) is 11.7 Å². The monoisotopic (exact) mass is 284 g/mol. The van der Waals surface area contributed by atoms with Crippen LogP contribution in [0.5, 0.6) is 0 Å². The fourth-order valence-electron chi connectivity index (χ4n) is 2.70. The number of likely N-dealkylation sites (tertiary alicyclic amines) is 1. The Hall–Kier alpha value is -2.14. The van der Waals surface area contributed by atoms with Crippen LogP contribution in [0.25, 0.3) is 5.69 Å². The molecular formula is C16H20N4O. The zero-order chi connectivity index (χ0) is 14.7. The van der Waals surface area contributed by atoms with Gasteiger partial charge in [0.2, 0.25) is 0 Å². The minimum atomic E-state index is 0.0140. The summed E-state index contributed by atoms with van der Waals surface area (Å²) in [6.07, 6.45) is 3.80. The average Bonchev–Trinajstić information content (AvgIpc) is 3.05. The molecule has 5 heteroatoms. The Labute approximate surface area is 124 Å². The Morgan fingerprint density at radius 1 is 1.19 bits per heavy atom. The molecular weight excluding hydrogens is 264 g/mol. The molecule has 5 nitrogen and oxygen atoms in total. The Balaban J connectivity index is 1.70. The van der Waals surface area contributed by atoms with Gasteiger partial charge in [-0.2, -0.15) is 5.10 Å². The Bertz CT molecular complexity index is 600.